The molecular formula is C19H26N2O4. The molecule has 0 spiro atoms. The highest BCUT2D eigenvalue weighted by Crippen LogP contribution is 2.15. The summed E-state index contributed by atoms with van der Waals surface area (Å²) in [6.45, 7) is 12.7. The molecule has 0 saturated carbocycles. The fourth-order valence-corrected chi connectivity index (χ4v) is 2.14. The summed E-state index contributed by atoms with van der Waals surface area (Å²) in [7, 11) is 0. The fraction of sp³-hybridized carbons (Fsp3) is 0.368. The maximum absolute atomic E-state index is 11.5. The third-order valence-corrected chi connectivity index (χ3v) is 3.41. The normalized spacial score (nSPS) is 10.2. The van der Waals surface area contributed by atoms with E-state index in [-0.39, 0.29) is 13.2 Å². The minimum atomic E-state index is -0.452. The highest BCUT2D eigenvalue weighted by molar-refractivity contribution is 5.86. The van der Waals surface area contributed by atoms with Crippen molar-refractivity contribution in [1.82, 2.24) is 5.01 Å². The topological polar surface area (TPSA) is 59.1 Å². The second-order valence-corrected chi connectivity index (χ2v) is 5.29. The zero-order valence-corrected chi connectivity index (χ0v) is 14.9. The van der Waals surface area contributed by atoms with Gasteiger partial charge in [0.2, 0.25) is 0 Å². The molecular weight excluding hydrogens is 320 g/mol. The van der Waals surface area contributed by atoms with Gasteiger partial charge in [0.05, 0.1) is 18.8 Å². The summed E-state index contributed by atoms with van der Waals surface area (Å²) >= 11 is 0. The first-order valence-corrected chi connectivity index (χ1v) is 8.18. The van der Waals surface area contributed by atoms with Gasteiger partial charge in [-0.2, -0.15) is 0 Å². The lowest BCUT2D eigenvalue weighted by molar-refractivity contribution is -0.140. The first kappa shape index (κ1) is 20.4. The van der Waals surface area contributed by atoms with Gasteiger partial charge in [-0.05, 0) is 19.1 Å². The van der Waals surface area contributed by atoms with Crippen molar-refractivity contribution in [2.24, 2.45) is 0 Å². The van der Waals surface area contributed by atoms with E-state index >= 15 is 0 Å². The van der Waals surface area contributed by atoms with Gasteiger partial charge in [0.25, 0.3) is 0 Å². The van der Waals surface area contributed by atoms with Gasteiger partial charge >= 0.3 is 11.9 Å². The smallest absolute Gasteiger partial charge is 0.333 e. The molecule has 1 aromatic rings. The van der Waals surface area contributed by atoms with E-state index in [1.54, 1.807) is 6.92 Å². The van der Waals surface area contributed by atoms with Gasteiger partial charge in [-0.3, -0.25) is 0 Å². The quantitative estimate of drug-likeness (QED) is 0.349. The van der Waals surface area contributed by atoms with E-state index in [2.05, 4.69) is 13.2 Å². The number of carbonyl (C=O) groups excluding carboxylic acids is 2. The summed E-state index contributed by atoms with van der Waals surface area (Å²) in [5, 5.41) is 4.04. The Morgan fingerprint density at radius 1 is 1.12 bits per heavy atom. The van der Waals surface area contributed by atoms with Crippen LogP contribution in [0.25, 0.3) is 0 Å². The highest BCUT2D eigenvalue weighted by atomic mass is 16.5. The maximum atomic E-state index is 11.5. The predicted octanol–water partition coefficient (Wildman–Crippen LogP) is 2.58. The second kappa shape index (κ2) is 11.0. The first-order chi connectivity index (χ1) is 12.0. The Morgan fingerprint density at radius 3 is 2.32 bits per heavy atom. The number of esters is 2. The van der Waals surface area contributed by atoms with Crippen molar-refractivity contribution < 1.29 is 19.1 Å². The summed E-state index contributed by atoms with van der Waals surface area (Å²) in [5.41, 5.74) is 1.34. The third kappa shape index (κ3) is 7.22. The molecule has 0 aromatic heterocycles. The average Bonchev–Trinajstić information content (AvgIpc) is 2.63. The molecule has 6 heteroatoms. The van der Waals surface area contributed by atoms with Gasteiger partial charge in [0, 0.05) is 18.2 Å². The molecule has 1 rings (SSSR count). The Hall–Kier alpha value is -2.60. The van der Waals surface area contributed by atoms with Gasteiger partial charge < -0.3 is 14.5 Å². The van der Waals surface area contributed by atoms with Crippen LogP contribution in [0.3, 0.4) is 0 Å². The summed E-state index contributed by atoms with van der Waals surface area (Å²) in [6.07, 6.45) is 1.14. The highest BCUT2D eigenvalue weighted by Gasteiger charge is 2.16. The standard InChI is InChI=1S/C19H26N2O4/c1-5-18(22)24-15-13-21(17-10-8-7-9-11-17)20(6-2)12-14-25-19(23)16(3)4/h5,7-11H,1,3,6,12-15H2,2,4H3. The van der Waals surface area contributed by atoms with Crippen molar-refractivity contribution in [2.45, 2.75) is 13.8 Å². The molecule has 0 unspecified atom stereocenters. The molecule has 0 saturated heterocycles. The second-order valence-electron chi connectivity index (χ2n) is 5.29. The molecule has 0 aliphatic heterocycles. The minimum Gasteiger partial charge on any atom is -0.461 e. The number of ether oxygens (including phenoxy) is 2. The summed E-state index contributed by atoms with van der Waals surface area (Å²) in [6, 6.07) is 9.75. The van der Waals surface area contributed by atoms with Crippen molar-refractivity contribution in [3.05, 3.63) is 55.1 Å². The Kier molecular flexibility index (Phi) is 9.03. The van der Waals surface area contributed by atoms with Crippen LogP contribution in [-0.4, -0.2) is 49.8 Å². The van der Waals surface area contributed by atoms with E-state index in [1.807, 2.05) is 47.3 Å². The molecule has 1 aromatic carbocycles. The van der Waals surface area contributed by atoms with Gasteiger partial charge in [-0.15, -0.1) is 0 Å². The lowest BCUT2D eigenvalue weighted by Crippen LogP contribution is -2.46. The van der Waals surface area contributed by atoms with Gasteiger partial charge in [0.15, 0.2) is 0 Å². The Balaban J connectivity index is 2.73. The summed E-state index contributed by atoms with van der Waals surface area (Å²) < 4.78 is 10.3. The largest absolute Gasteiger partial charge is 0.461 e. The Morgan fingerprint density at radius 2 is 1.76 bits per heavy atom. The summed E-state index contributed by atoms with van der Waals surface area (Å²) in [4.78, 5) is 22.8. The van der Waals surface area contributed by atoms with E-state index in [1.165, 1.54) is 0 Å². The van der Waals surface area contributed by atoms with Crippen molar-refractivity contribution in [2.75, 3.05) is 37.9 Å². The summed E-state index contributed by atoms with van der Waals surface area (Å²) in [5.74, 6) is -0.853. The van der Waals surface area contributed by atoms with Crippen LogP contribution < -0.4 is 5.01 Å². The van der Waals surface area contributed by atoms with Crippen molar-refractivity contribution in [3.63, 3.8) is 0 Å². The number of nitrogens with zero attached hydrogens (tertiary/aromatic N) is 2. The number of benzene rings is 1. The minimum absolute atomic E-state index is 0.224. The average molecular weight is 346 g/mol. The number of hydrazine groups is 1. The van der Waals surface area contributed by atoms with Crippen LogP contribution in [0.1, 0.15) is 13.8 Å². The Labute approximate surface area is 149 Å². The number of hydrogen-bond acceptors (Lipinski definition) is 6. The molecule has 0 aliphatic rings. The molecule has 0 bridgehead atoms. The van der Waals surface area contributed by atoms with E-state index in [9.17, 15) is 9.59 Å². The number of rotatable bonds is 11. The van der Waals surface area contributed by atoms with Crippen LogP contribution >= 0.6 is 0 Å². The van der Waals surface area contributed by atoms with Gasteiger partial charge in [0.1, 0.15) is 13.2 Å². The molecule has 6 nitrogen and oxygen atoms in total. The Bertz CT molecular complexity index is 586. The van der Waals surface area contributed by atoms with Crippen molar-refractivity contribution in [1.29, 1.82) is 0 Å². The molecule has 136 valence electrons. The lowest BCUT2D eigenvalue weighted by Gasteiger charge is -2.35. The number of hydrogen-bond donors (Lipinski definition) is 0. The van der Waals surface area contributed by atoms with Crippen LogP contribution in [-0.2, 0) is 19.1 Å². The van der Waals surface area contributed by atoms with Crippen LogP contribution in [0.5, 0.6) is 0 Å². The van der Waals surface area contributed by atoms with Crippen LogP contribution in [0.2, 0.25) is 0 Å². The van der Waals surface area contributed by atoms with E-state index in [0.717, 1.165) is 11.8 Å². The van der Waals surface area contributed by atoms with E-state index < -0.39 is 11.9 Å². The molecule has 0 aliphatic carbocycles. The molecule has 0 fully saturated rings. The van der Waals surface area contributed by atoms with Crippen LogP contribution in [0.15, 0.2) is 55.1 Å². The molecule has 0 heterocycles. The van der Waals surface area contributed by atoms with Crippen LogP contribution in [0, 0.1) is 0 Å². The monoisotopic (exact) mass is 346 g/mol. The molecule has 0 N–H and O–H groups in total. The molecule has 0 amide bonds. The zero-order chi connectivity index (χ0) is 18.7. The van der Waals surface area contributed by atoms with Gasteiger partial charge in [-0.25, -0.2) is 14.6 Å². The number of para-hydroxylation sites is 1. The van der Waals surface area contributed by atoms with Crippen LogP contribution in [0.4, 0.5) is 5.69 Å². The SMILES string of the molecule is C=CC(=O)OCCN(c1ccccc1)N(CC)CCOC(=O)C(=C)C. The molecule has 0 atom stereocenters. The fourth-order valence-electron chi connectivity index (χ4n) is 2.14. The van der Waals surface area contributed by atoms with E-state index in [4.69, 9.17) is 9.47 Å². The van der Waals surface area contributed by atoms with Gasteiger partial charge in [-0.1, -0.05) is 38.3 Å². The number of anilines is 1. The lowest BCUT2D eigenvalue weighted by atomic mass is 10.3. The number of carbonyl (C=O) groups is 2. The van der Waals surface area contributed by atoms with Crippen molar-refractivity contribution in [3.8, 4) is 0 Å². The third-order valence-electron chi connectivity index (χ3n) is 3.41. The molecule has 25 heavy (non-hydrogen) atoms. The van der Waals surface area contributed by atoms with E-state index in [0.29, 0.717) is 25.2 Å². The maximum Gasteiger partial charge on any atom is 0.333 e. The number of likely N-dealkylation sites (N-methyl/N-ethyl adjacent to an activating group) is 1. The van der Waals surface area contributed by atoms with Crippen molar-refractivity contribution >= 4 is 17.6 Å². The molecule has 0 radical (unpaired) electrons. The zero-order valence-electron chi connectivity index (χ0n) is 14.9. The first-order valence-electron chi connectivity index (χ1n) is 8.18. The predicted molar refractivity (Wildman–Crippen MR) is 98.0 cm³/mol.